The quantitative estimate of drug-likeness (QED) is 0.847. The maximum Gasteiger partial charge on any atom is 0.254 e. The van der Waals surface area contributed by atoms with Gasteiger partial charge in [-0.05, 0) is 44.0 Å². The van der Waals surface area contributed by atoms with Gasteiger partial charge in [-0.15, -0.1) is 0 Å². The predicted octanol–water partition coefficient (Wildman–Crippen LogP) is 1.95. The molecule has 1 fully saturated rings. The number of aromatic nitrogens is 2. The Balaban J connectivity index is 1.62. The van der Waals surface area contributed by atoms with Crippen molar-refractivity contribution in [2.75, 3.05) is 26.2 Å². The molecule has 0 N–H and O–H groups in total. The lowest BCUT2D eigenvalue weighted by molar-refractivity contribution is -0.130. The number of carbonyl (C=O) groups excluding carboxylic acids is 2. The van der Waals surface area contributed by atoms with Gasteiger partial charge in [0.15, 0.2) is 0 Å². The van der Waals surface area contributed by atoms with Crippen LogP contribution in [0, 0.1) is 13.8 Å². The maximum atomic E-state index is 12.7. The van der Waals surface area contributed by atoms with Gasteiger partial charge in [-0.1, -0.05) is 0 Å². The largest absolute Gasteiger partial charge is 0.352 e. The summed E-state index contributed by atoms with van der Waals surface area (Å²) in [5, 5.41) is 0. The van der Waals surface area contributed by atoms with E-state index in [4.69, 9.17) is 0 Å². The highest BCUT2D eigenvalue weighted by molar-refractivity contribution is 5.94. The topological polar surface area (TPSA) is 58.4 Å². The highest BCUT2D eigenvalue weighted by Crippen LogP contribution is 2.16. The molecule has 2 amide bonds. The van der Waals surface area contributed by atoms with Crippen molar-refractivity contribution in [3.63, 3.8) is 0 Å². The first-order valence-electron chi connectivity index (χ1n) is 9.06. The lowest BCUT2D eigenvalue weighted by atomic mass is 10.1. The molecule has 0 aromatic carbocycles. The van der Waals surface area contributed by atoms with Crippen molar-refractivity contribution < 1.29 is 9.59 Å². The van der Waals surface area contributed by atoms with E-state index < -0.39 is 0 Å². The molecular weight excluding hydrogens is 328 g/mol. The van der Waals surface area contributed by atoms with Gasteiger partial charge in [0.1, 0.15) is 0 Å². The van der Waals surface area contributed by atoms with Crippen LogP contribution in [0.4, 0.5) is 0 Å². The summed E-state index contributed by atoms with van der Waals surface area (Å²) in [5.41, 5.74) is 4.04. The van der Waals surface area contributed by atoms with Crippen molar-refractivity contribution in [3.05, 3.63) is 53.1 Å². The van der Waals surface area contributed by atoms with Gasteiger partial charge in [-0.25, -0.2) is 0 Å². The molecule has 3 rings (SSSR count). The molecule has 138 valence electrons. The third-order valence-corrected chi connectivity index (χ3v) is 5.28. The van der Waals surface area contributed by atoms with Crippen molar-refractivity contribution in [1.29, 1.82) is 0 Å². The first kappa shape index (κ1) is 18.2. The number of carbonyl (C=O) groups is 2. The number of rotatable bonds is 3. The number of amides is 2. The summed E-state index contributed by atoms with van der Waals surface area (Å²) in [7, 11) is 2.02. The van der Waals surface area contributed by atoms with Crippen LogP contribution in [-0.4, -0.2) is 57.3 Å². The summed E-state index contributed by atoms with van der Waals surface area (Å²) in [4.78, 5) is 33.0. The Morgan fingerprint density at radius 3 is 2.35 bits per heavy atom. The van der Waals surface area contributed by atoms with Gasteiger partial charge in [0.05, 0.1) is 6.42 Å². The Labute approximate surface area is 154 Å². The second kappa shape index (κ2) is 7.72. The number of nitrogens with zero attached hydrogens (tertiary/aromatic N) is 4. The zero-order chi connectivity index (χ0) is 18.7. The van der Waals surface area contributed by atoms with E-state index in [9.17, 15) is 9.59 Å². The highest BCUT2D eigenvalue weighted by atomic mass is 16.2. The van der Waals surface area contributed by atoms with Crippen LogP contribution < -0.4 is 0 Å². The summed E-state index contributed by atoms with van der Waals surface area (Å²) >= 11 is 0. The van der Waals surface area contributed by atoms with Gasteiger partial charge in [0.2, 0.25) is 5.91 Å². The summed E-state index contributed by atoms with van der Waals surface area (Å²) in [6, 6.07) is 5.55. The van der Waals surface area contributed by atoms with Gasteiger partial charge in [-0.3, -0.25) is 14.6 Å². The minimum Gasteiger partial charge on any atom is -0.352 e. The molecule has 2 aromatic heterocycles. The van der Waals surface area contributed by atoms with Crippen LogP contribution in [0.5, 0.6) is 0 Å². The molecule has 0 aliphatic carbocycles. The number of hydrogen-bond acceptors (Lipinski definition) is 3. The Hall–Kier alpha value is -2.63. The van der Waals surface area contributed by atoms with E-state index in [1.807, 2.05) is 23.8 Å². The lowest BCUT2D eigenvalue weighted by Crippen LogP contribution is -2.38. The molecule has 1 aliphatic heterocycles. The van der Waals surface area contributed by atoms with E-state index in [-0.39, 0.29) is 11.8 Å². The molecule has 3 heterocycles. The molecule has 0 saturated carbocycles. The molecule has 6 nitrogen and oxygen atoms in total. The second-order valence-corrected chi connectivity index (χ2v) is 6.89. The van der Waals surface area contributed by atoms with Crippen molar-refractivity contribution >= 4 is 11.8 Å². The van der Waals surface area contributed by atoms with E-state index in [0.717, 1.165) is 23.4 Å². The molecule has 0 radical (unpaired) electrons. The second-order valence-electron chi connectivity index (χ2n) is 6.89. The van der Waals surface area contributed by atoms with Crippen molar-refractivity contribution in [2.24, 2.45) is 7.05 Å². The van der Waals surface area contributed by atoms with Crippen molar-refractivity contribution in [3.8, 4) is 0 Å². The molecule has 26 heavy (non-hydrogen) atoms. The smallest absolute Gasteiger partial charge is 0.254 e. The molecule has 1 aliphatic rings. The van der Waals surface area contributed by atoms with Crippen LogP contribution in [0.1, 0.15) is 33.7 Å². The van der Waals surface area contributed by atoms with Gasteiger partial charge in [0, 0.05) is 62.6 Å². The van der Waals surface area contributed by atoms with E-state index >= 15 is 0 Å². The minimum absolute atomic E-state index is 0.0104. The molecule has 2 aromatic rings. The highest BCUT2D eigenvalue weighted by Gasteiger charge is 2.23. The normalized spacial score (nSPS) is 15.0. The average Bonchev–Trinajstić information content (AvgIpc) is 2.86. The van der Waals surface area contributed by atoms with Gasteiger partial charge in [-0.2, -0.15) is 0 Å². The lowest BCUT2D eigenvalue weighted by Gasteiger charge is -2.22. The van der Waals surface area contributed by atoms with Crippen LogP contribution >= 0.6 is 0 Å². The number of hydrogen-bond donors (Lipinski definition) is 0. The monoisotopic (exact) mass is 354 g/mol. The molecule has 0 unspecified atom stereocenters. The Morgan fingerprint density at radius 2 is 1.69 bits per heavy atom. The third kappa shape index (κ3) is 3.79. The van der Waals surface area contributed by atoms with Crippen LogP contribution in [0.15, 0.2) is 30.6 Å². The fourth-order valence-corrected chi connectivity index (χ4v) is 3.43. The average molecular weight is 354 g/mol. The summed E-state index contributed by atoms with van der Waals surface area (Å²) in [6.07, 6.45) is 4.48. The van der Waals surface area contributed by atoms with Gasteiger partial charge < -0.3 is 14.4 Å². The van der Waals surface area contributed by atoms with Crippen molar-refractivity contribution in [1.82, 2.24) is 19.4 Å². The van der Waals surface area contributed by atoms with Crippen LogP contribution in [-0.2, 0) is 18.3 Å². The Morgan fingerprint density at radius 1 is 1.04 bits per heavy atom. The molecule has 0 atom stereocenters. The standard InChI is InChI=1S/C20H26N4O2/c1-15-13-18(16(2)22(15)3)14-19(25)23-9-4-10-24(12-11-23)20(26)17-5-7-21-8-6-17/h5-8,13H,4,9-12,14H2,1-3H3. The molecule has 6 heteroatoms. The first-order valence-corrected chi connectivity index (χ1v) is 9.06. The van der Waals surface area contributed by atoms with Crippen molar-refractivity contribution in [2.45, 2.75) is 26.7 Å². The molecule has 0 bridgehead atoms. The van der Waals surface area contributed by atoms with E-state index in [2.05, 4.69) is 22.5 Å². The number of pyridine rings is 1. The van der Waals surface area contributed by atoms with Gasteiger partial charge >= 0.3 is 0 Å². The summed E-state index contributed by atoms with van der Waals surface area (Å²) in [5.74, 6) is 0.146. The molecule has 1 saturated heterocycles. The van der Waals surface area contributed by atoms with Crippen LogP contribution in [0.25, 0.3) is 0 Å². The maximum absolute atomic E-state index is 12.7. The predicted molar refractivity (Wildman–Crippen MR) is 99.9 cm³/mol. The first-order chi connectivity index (χ1) is 12.5. The zero-order valence-electron chi connectivity index (χ0n) is 15.7. The van der Waals surface area contributed by atoms with E-state index in [0.29, 0.717) is 38.2 Å². The van der Waals surface area contributed by atoms with Gasteiger partial charge in [0.25, 0.3) is 5.91 Å². The SMILES string of the molecule is Cc1cc(CC(=O)N2CCCN(C(=O)c3ccncc3)CC2)c(C)n1C. The van der Waals surface area contributed by atoms with E-state index in [1.165, 1.54) is 0 Å². The fraction of sp³-hybridized carbons (Fsp3) is 0.450. The van der Waals surface area contributed by atoms with Crippen LogP contribution in [0.2, 0.25) is 0 Å². The van der Waals surface area contributed by atoms with E-state index in [1.54, 1.807) is 24.5 Å². The Bertz CT molecular complexity index is 798. The number of aryl methyl sites for hydroxylation is 1. The third-order valence-electron chi connectivity index (χ3n) is 5.28. The zero-order valence-corrected chi connectivity index (χ0v) is 15.7. The minimum atomic E-state index is 0.0104. The Kier molecular flexibility index (Phi) is 5.40. The fourth-order valence-electron chi connectivity index (χ4n) is 3.43. The molecule has 0 spiro atoms. The van der Waals surface area contributed by atoms with Crippen LogP contribution in [0.3, 0.4) is 0 Å². The summed E-state index contributed by atoms with van der Waals surface area (Å²) < 4.78 is 2.11. The molecular formula is C20H26N4O2. The summed E-state index contributed by atoms with van der Waals surface area (Å²) in [6.45, 7) is 6.63.